The van der Waals surface area contributed by atoms with Crippen LogP contribution in [0.15, 0.2) is 29.2 Å². The fourth-order valence-corrected chi connectivity index (χ4v) is 1.17. The Morgan fingerprint density at radius 3 is 1.83 bits per heavy atom. The van der Waals surface area contributed by atoms with Crippen LogP contribution in [0.25, 0.3) is 0 Å². The van der Waals surface area contributed by atoms with Gasteiger partial charge in [-0.05, 0) is 24.3 Å². The van der Waals surface area contributed by atoms with Gasteiger partial charge in [-0.25, -0.2) is 13.6 Å². The molecule has 1 rings (SSSR count). The van der Waals surface area contributed by atoms with E-state index in [1.165, 1.54) is 24.3 Å². The third kappa shape index (κ3) is 2.87. The summed E-state index contributed by atoms with van der Waals surface area (Å²) >= 11 is 0. The maximum atomic E-state index is 10.7. The molecule has 62 valence electrons. The van der Waals surface area contributed by atoms with Crippen LogP contribution in [0.3, 0.4) is 0 Å². The molecule has 0 unspecified atom stereocenters. The van der Waals surface area contributed by atoms with Crippen LogP contribution < -0.4 is 10.9 Å². The van der Waals surface area contributed by atoms with Crippen LogP contribution in [-0.4, -0.2) is 27.3 Å². The summed E-state index contributed by atoms with van der Waals surface area (Å²) < 4.78 is 21.4. The topological polar surface area (TPSA) is 86.2 Å². The van der Waals surface area contributed by atoms with Gasteiger partial charge in [0.15, 0.2) is 0 Å². The van der Waals surface area contributed by atoms with Gasteiger partial charge in [-0.3, -0.25) is 0 Å². The summed E-state index contributed by atoms with van der Waals surface area (Å²) in [5.41, 5.74) is 5.85. The SMILES string of the molecule is Nc1ccc(S(N)(=O)=O)cc1.[LiH]. The van der Waals surface area contributed by atoms with Gasteiger partial charge in [0.25, 0.3) is 0 Å². The van der Waals surface area contributed by atoms with Crippen molar-refractivity contribution in [3.05, 3.63) is 24.3 Å². The number of anilines is 1. The molecule has 0 aliphatic heterocycles. The molecule has 0 aliphatic carbocycles. The van der Waals surface area contributed by atoms with Gasteiger partial charge < -0.3 is 5.73 Å². The van der Waals surface area contributed by atoms with E-state index in [9.17, 15) is 8.42 Å². The van der Waals surface area contributed by atoms with Crippen molar-refractivity contribution in [2.75, 3.05) is 5.73 Å². The van der Waals surface area contributed by atoms with Crippen molar-refractivity contribution < 1.29 is 8.42 Å². The van der Waals surface area contributed by atoms with Crippen molar-refractivity contribution in [3.8, 4) is 0 Å². The van der Waals surface area contributed by atoms with E-state index in [0.717, 1.165) is 0 Å². The van der Waals surface area contributed by atoms with Crippen LogP contribution in [0, 0.1) is 0 Å². The Bertz CT molecular complexity index is 346. The molecule has 0 spiro atoms. The Morgan fingerprint density at radius 2 is 1.50 bits per heavy atom. The molecule has 0 fully saturated rings. The minimum absolute atomic E-state index is 0. The zero-order valence-electron chi connectivity index (χ0n) is 5.69. The van der Waals surface area contributed by atoms with Crippen LogP contribution in [0.5, 0.6) is 0 Å². The van der Waals surface area contributed by atoms with Gasteiger partial charge in [0.05, 0.1) is 4.90 Å². The first-order chi connectivity index (χ1) is 5.00. The van der Waals surface area contributed by atoms with Crippen molar-refractivity contribution in [1.82, 2.24) is 0 Å². The number of hydrogen-bond acceptors (Lipinski definition) is 3. The number of rotatable bonds is 1. The van der Waals surface area contributed by atoms with Gasteiger partial charge in [0, 0.05) is 5.69 Å². The molecular weight excluding hydrogens is 171 g/mol. The molecule has 4 N–H and O–H groups in total. The van der Waals surface area contributed by atoms with E-state index in [2.05, 4.69) is 0 Å². The number of hydrogen-bond donors (Lipinski definition) is 2. The standard InChI is InChI=1S/C6H8N2O2S.Li.H/c7-5-1-3-6(4-2-5)11(8,9)10;;/h1-4H,7H2,(H2,8,9,10);;. The molecular formula is C6H9LiN2O2S. The molecule has 0 radical (unpaired) electrons. The second-order valence-corrected chi connectivity index (χ2v) is 3.68. The molecule has 1 aromatic carbocycles. The van der Waals surface area contributed by atoms with Crippen molar-refractivity contribution in [2.45, 2.75) is 4.90 Å². The number of nitrogens with two attached hydrogens (primary N) is 2. The Hall–Kier alpha value is -0.473. The van der Waals surface area contributed by atoms with Crippen LogP contribution >= 0.6 is 0 Å². The second kappa shape index (κ2) is 3.96. The average Bonchev–Trinajstić information content (AvgIpc) is 1.86. The van der Waals surface area contributed by atoms with Crippen molar-refractivity contribution in [2.24, 2.45) is 5.14 Å². The molecule has 0 atom stereocenters. The molecule has 12 heavy (non-hydrogen) atoms. The maximum absolute atomic E-state index is 10.7. The second-order valence-electron chi connectivity index (χ2n) is 2.11. The number of primary sulfonamides is 1. The van der Waals surface area contributed by atoms with E-state index in [1.807, 2.05) is 0 Å². The molecule has 4 nitrogen and oxygen atoms in total. The van der Waals surface area contributed by atoms with Crippen LogP contribution in [0.2, 0.25) is 0 Å². The molecule has 0 aromatic heterocycles. The molecule has 0 aliphatic rings. The van der Waals surface area contributed by atoms with E-state index in [4.69, 9.17) is 10.9 Å². The third-order valence-electron chi connectivity index (χ3n) is 1.21. The Morgan fingerprint density at radius 1 is 1.08 bits per heavy atom. The van der Waals surface area contributed by atoms with Gasteiger partial charge in [0.2, 0.25) is 10.0 Å². The minimum atomic E-state index is -3.58. The summed E-state index contributed by atoms with van der Waals surface area (Å²) in [4.78, 5) is 0.0756. The molecule has 0 heterocycles. The van der Waals surface area contributed by atoms with E-state index >= 15 is 0 Å². The van der Waals surface area contributed by atoms with Crippen molar-refractivity contribution in [1.29, 1.82) is 0 Å². The fraction of sp³-hybridized carbons (Fsp3) is 0. The third-order valence-corrected chi connectivity index (χ3v) is 2.14. The monoisotopic (exact) mass is 180 g/mol. The molecule has 6 heteroatoms. The Kier molecular flexibility index (Phi) is 3.81. The number of sulfonamides is 1. The van der Waals surface area contributed by atoms with Gasteiger partial charge in [-0.2, -0.15) is 0 Å². The van der Waals surface area contributed by atoms with Gasteiger partial charge in [0.1, 0.15) is 0 Å². The van der Waals surface area contributed by atoms with E-state index < -0.39 is 10.0 Å². The molecule has 0 saturated heterocycles. The van der Waals surface area contributed by atoms with Gasteiger partial charge in [-0.15, -0.1) is 0 Å². The van der Waals surface area contributed by atoms with Crippen LogP contribution in [-0.2, 0) is 10.0 Å². The summed E-state index contributed by atoms with van der Waals surface area (Å²) in [7, 11) is -3.58. The average molecular weight is 180 g/mol. The van der Waals surface area contributed by atoms with Crippen LogP contribution in [0.1, 0.15) is 0 Å². The summed E-state index contributed by atoms with van der Waals surface area (Å²) in [5, 5.41) is 4.84. The van der Waals surface area contributed by atoms with E-state index in [1.54, 1.807) is 0 Å². The predicted molar refractivity (Wildman–Crippen MR) is 49.4 cm³/mol. The first-order valence-electron chi connectivity index (χ1n) is 2.88. The summed E-state index contributed by atoms with van der Waals surface area (Å²) in [6.45, 7) is 0. The molecule has 1 aromatic rings. The predicted octanol–water partition coefficient (Wildman–Crippen LogP) is -0.732. The van der Waals surface area contributed by atoms with E-state index in [-0.39, 0.29) is 23.8 Å². The van der Waals surface area contributed by atoms with Gasteiger partial charge in [-0.1, -0.05) is 0 Å². The summed E-state index contributed by atoms with van der Waals surface area (Å²) in [5.74, 6) is 0. The van der Waals surface area contributed by atoms with Crippen molar-refractivity contribution in [3.63, 3.8) is 0 Å². The zero-order chi connectivity index (χ0) is 8.48. The Balaban J connectivity index is 0.00000121. The first-order valence-corrected chi connectivity index (χ1v) is 4.43. The quantitative estimate of drug-likeness (QED) is 0.441. The van der Waals surface area contributed by atoms with E-state index in [0.29, 0.717) is 5.69 Å². The van der Waals surface area contributed by atoms with Gasteiger partial charge >= 0.3 is 18.9 Å². The van der Waals surface area contributed by atoms with Crippen molar-refractivity contribution >= 4 is 34.6 Å². The summed E-state index contributed by atoms with van der Waals surface area (Å²) in [6, 6.07) is 5.70. The van der Waals surface area contributed by atoms with Crippen LogP contribution in [0.4, 0.5) is 5.69 Å². The molecule has 0 bridgehead atoms. The summed E-state index contributed by atoms with van der Waals surface area (Å²) in [6.07, 6.45) is 0. The number of benzene rings is 1. The number of nitrogen functional groups attached to an aromatic ring is 1. The molecule has 0 amide bonds. The first kappa shape index (κ1) is 11.5. The Labute approximate surface area is 83.2 Å². The normalized spacial score (nSPS) is 10.4. The zero-order valence-corrected chi connectivity index (χ0v) is 6.51. The fourth-order valence-electron chi connectivity index (χ4n) is 0.658. The molecule has 0 saturated carbocycles.